The molecule has 1 aliphatic heterocycles. The van der Waals surface area contributed by atoms with Crippen molar-refractivity contribution in [1.82, 2.24) is 0 Å². The van der Waals surface area contributed by atoms with Crippen LogP contribution in [-0.2, 0) is 0 Å². The molecule has 1 aromatic carbocycles. The zero-order chi connectivity index (χ0) is 15.1. The summed E-state index contributed by atoms with van der Waals surface area (Å²) in [6.07, 6.45) is 3.12. The lowest BCUT2D eigenvalue weighted by atomic mass is 10.1. The number of aliphatic imine (C=N–C) groups is 1. The number of halogens is 1. The van der Waals surface area contributed by atoms with Gasteiger partial charge in [0, 0.05) is 24.7 Å². The second-order valence-corrected chi connectivity index (χ2v) is 5.64. The van der Waals surface area contributed by atoms with Gasteiger partial charge in [0.15, 0.2) is 17.5 Å². The normalized spacial score (nSPS) is 14.2. The van der Waals surface area contributed by atoms with Crippen molar-refractivity contribution in [2.75, 3.05) is 25.1 Å². The van der Waals surface area contributed by atoms with Crippen molar-refractivity contribution in [3.05, 3.63) is 18.2 Å². The van der Waals surface area contributed by atoms with E-state index in [0.717, 1.165) is 36.6 Å². The summed E-state index contributed by atoms with van der Waals surface area (Å²) in [4.78, 5) is 4.33. The first kappa shape index (κ1) is 18.9. The van der Waals surface area contributed by atoms with E-state index < -0.39 is 0 Å². The maximum Gasteiger partial charge on any atom is 0.193 e. The molecule has 0 fully saturated rings. The summed E-state index contributed by atoms with van der Waals surface area (Å²) in [5.74, 6) is 2.68. The van der Waals surface area contributed by atoms with Crippen molar-refractivity contribution in [1.29, 1.82) is 0 Å². The van der Waals surface area contributed by atoms with E-state index in [1.807, 2.05) is 18.2 Å². The number of benzene rings is 1. The Morgan fingerprint density at radius 3 is 2.73 bits per heavy atom. The van der Waals surface area contributed by atoms with E-state index in [0.29, 0.717) is 25.1 Å². The lowest BCUT2D eigenvalue weighted by Crippen LogP contribution is -2.22. The minimum Gasteiger partial charge on any atom is -0.490 e. The van der Waals surface area contributed by atoms with Crippen LogP contribution in [0.1, 0.15) is 33.1 Å². The molecule has 1 aliphatic rings. The second-order valence-electron chi connectivity index (χ2n) is 5.64. The van der Waals surface area contributed by atoms with Crippen LogP contribution in [0.5, 0.6) is 11.5 Å². The number of guanidine groups is 1. The van der Waals surface area contributed by atoms with Gasteiger partial charge in [-0.05, 0) is 30.9 Å². The first-order valence-corrected chi connectivity index (χ1v) is 7.62. The molecule has 0 saturated heterocycles. The van der Waals surface area contributed by atoms with E-state index in [4.69, 9.17) is 15.2 Å². The van der Waals surface area contributed by atoms with Gasteiger partial charge in [-0.1, -0.05) is 13.8 Å². The van der Waals surface area contributed by atoms with Gasteiger partial charge in [-0.25, -0.2) is 0 Å². The number of rotatable bonds is 5. The van der Waals surface area contributed by atoms with Crippen molar-refractivity contribution >= 4 is 35.6 Å². The van der Waals surface area contributed by atoms with Gasteiger partial charge in [-0.2, -0.15) is 0 Å². The Hall–Kier alpha value is -1.18. The number of hydrogen-bond donors (Lipinski definition) is 2. The zero-order valence-corrected chi connectivity index (χ0v) is 15.6. The highest BCUT2D eigenvalue weighted by atomic mass is 127. The highest BCUT2D eigenvalue weighted by Crippen LogP contribution is 2.32. The summed E-state index contributed by atoms with van der Waals surface area (Å²) in [5.41, 5.74) is 6.76. The minimum atomic E-state index is 0. The topological polar surface area (TPSA) is 68.9 Å². The molecule has 22 heavy (non-hydrogen) atoms. The van der Waals surface area contributed by atoms with Crippen LogP contribution in [0.2, 0.25) is 0 Å². The highest BCUT2D eigenvalue weighted by molar-refractivity contribution is 14.0. The number of anilines is 1. The van der Waals surface area contributed by atoms with E-state index >= 15 is 0 Å². The average molecular weight is 419 g/mol. The van der Waals surface area contributed by atoms with E-state index in [1.54, 1.807) is 0 Å². The van der Waals surface area contributed by atoms with Crippen molar-refractivity contribution in [2.45, 2.75) is 33.1 Å². The fraction of sp³-hybridized carbons (Fsp3) is 0.562. The first-order valence-electron chi connectivity index (χ1n) is 7.62. The summed E-state index contributed by atoms with van der Waals surface area (Å²) in [5, 5.41) is 3.09. The van der Waals surface area contributed by atoms with Crippen LogP contribution in [0.4, 0.5) is 5.69 Å². The van der Waals surface area contributed by atoms with E-state index in [-0.39, 0.29) is 24.0 Å². The Kier molecular flexibility index (Phi) is 8.37. The van der Waals surface area contributed by atoms with Crippen molar-refractivity contribution in [3.8, 4) is 11.5 Å². The molecule has 124 valence electrons. The molecule has 0 saturated carbocycles. The molecule has 0 radical (unpaired) electrons. The molecule has 2 rings (SSSR count). The van der Waals surface area contributed by atoms with Gasteiger partial charge in [0.1, 0.15) is 0 Å². The van der Waals surface area contributed by atoms with Crippen molar-refractivity contribution in [3.63, 3.8) is 0 Å². The highest BCUT2D eigenvalue weighted by Gasteiger charge is 2.10. The summed E-state index contributed by atoms with van der Waals surface area (Å²) in [6, 6.07) is 5.72. The van der Waals surface area contributed by atoms with Gasteiger partial charge >= 0.3 is 0 Å². The van der Waals surface area contributed by atoms with Crippen LogP contribution in [0.25, 0.3) is 0 Å². The van der Waals surface area contributed by atoms with E-state index in [2.05, 4.69) is 24.2 Å². The number of hydrogen-bond acceptors (Lipinski definition) is 3. The SMILES string of the molecule is CC(C)CCCN=C(N)Nc1ccc2c(c1)OCCCO2.I. The predicted octanol–water partition coefficient (Wildman–Crippen LogP) is 3.63. The predicted molar refractivity (Wildman–Crippen MR) is 102 cm³/mol. The van der Waals surface area contributed by atoms with Crippen LogP contribution in [0.15, 0.2) is 23.2 Å². The van der Waals surface area contributed by atoms with Crippen LogP contribution >= 0.6 is 24.0 Å². The van der Waals surface area contributed by atoms with Crippen LogP contribution in [0, 0.1) is 5.92 Å². The smallest absolute Gasteiger partial charge is 0.193 e. The molecule has 0 amide bonds. The summed E-state index contributed by atoms with van der Waals surface area (Å²) in [6.45, 7) is 6.54. The lowest BCUT2D eigenvalue weighted by Gasteiger charge is -2.10. The number of nitrogens with one attached hydrogen (secondary N) is 1. The van der Waals surface area contributed by atoms with Crippen molar-refractivity contribution < 1.29 is 9.47 Å². The monoisotopic (exact) mass is 419 g/mol. The third-order valence-electron chi connectivity index (χ3n) is 3.24. The Bertz CT molecular complexity index is 492. The third kappa shape index (κ3) is 6.29. The van der Waals surface area contributed by atoms with Gasteiger partial charge in [0.25, 0.3) is 0 Å². The Labute approximate surface area is 149 Å². The van der Waals surface area contributed by atoms with Gasteiger partial charge in [0.05, 0.1) is 13.2 Å². The minimum absolute atomic E-state index is 0. The van der Waals surface area contributed by atoms with E-state index in [9.17, 15) is 0 Å². The number of fused-ring (bicyclic) bond motifs is 1. The molecular weight excluding hydrogens is 393 g/mol. The van der Waals surface area contributed by atoms with Gasteiger partial charge in [-0.15, -0.1) is 24.0 Å². The standard InChI is InChI=1S/C16H25N3O2.HI/c1-12(2)5-3-8-18-16(17)19-13-6-7-14-15(11-13)21-10-4-9-20-14;/h6-7,11-12H,3-5,8-10H2,1-2H3,(H3,17,18,19);1H. The largest absolute Gasteiger partial charge is 0.490 e. The molecule has 1 heterocycles. The molecule has 0 aromatic heterocycles. The third-order valence-corrected chi connectivity index (χ3v) is 3.24. The Morgan fingerprint density at radius 2 is 2.00 bits per heavy atom. The first-order chi connectivity index (χ1) is 10.1. The van der Waals surface area contributed by atoms with Crippen LogP contribution in [0.3, 0.4) is 0 Å². The maximum absolute atomic E-state index is 5.90. The zero-order valence-electron chi connectivity index (χ0n) is 13.3. The lowest BCUT2D eigenvalue weighted by molar-refractivity contribution is 0.297. The maximum atomic E-state index is 5.90. The van der Waals surface area contributed by atoms with Gasteiger partial charge < -0.3 is 20.5 Å². The number of nitrogens with zero attached hydrogens (tertiary/aromatic N) is 1. The summed E-state index contributed by atoms with van der Waals surface area (Å²) in [7, 11) is 0. The molecular formula is C16H26IN3O2. The second kappa shape index (κ2) is 9.76. The van der Waals surface area contributed by atoms with E-state index in [1.165, 1.54) is 6.42 Å². The quantitative estimate of drug-likeness (QED) is 0.331. The molecule has 0 unspecified atom stereocenters. The van der Waals surface area contributed by atoms with Crippen molar-refractivity contribution in [2.24, 2.45) is 16.6 Å². The molecule has 5 nitrogen and oxygen atoms in total. The number of nitrogens with two attached hydrogens (primary N) is 1. The molecule has 0 aliphatic carbocycles. The molecule has 3 N–H and O–H groups in total. The Balaban J connectivity index is 0.00000242. The summed E-state index contributed by atoms with van der Waals surface area (Å²) < 4.78 is 11.2. The fourth-order valence-corrected chi connectivity index (χ4v) is 2.13. The fourth-order valence-electron chi connectivity index (χ4n) is 2.13. The molecule has 0 spiro atoms. The molecule has 0 atom stereocenters. The number of ether oxygens (including phenoxy) is 2. The molecule has 1 aromatic rings. The molecule has 0 bridgehead atoms. The van der Waals surface area contributed by atoms with Crippen LogP contribution < -0.4 is 20.5 Å². The van der Waals surface area contributed by atoms with Crippen LogP contribution in [-0.4, -0.2) is 25.7 Å². The molecule has 6 heteroatoms. The van der Waals surface area contributed by atoms with Gasteiger partial charge in [-0.3, -0.25) is 4.99 Å². The average Bonchev–Trinajstić information content (AvgIpc) is 2.68. The Morgan fingerprint density at radius 1 is 1.27 bits per heavy atom. The summed E-state index contributed by atoms with van der Waals surface area (Å²) >= 11 is 0. The van der Waals surface area contributed by atoms with Gasteiger partial charge in [0.2, 0.25) is 0 Å².